The first-order valence-electron chi connectivity index (χ1n) is 8.64. The highest BCUT2D eigenvalue weighted by molar-refractivity contribution is 6.01. The van der Waals surface area contributed by atoms with Crippen molar-refractivity contribution in [3.8, 4) is 17.0 Å². The minimum absolute atomic E-state index is 0.0344. The lowest BCUT2D eigenvalue weighted by molar-refractivity contribution is -0.125. The molecule has 1 aromatic heterocycles. The van der Waals surface area contributed by atoms with E-state index in [9.17, 15) is 14.0 Å². The molecule has 0 aliphatic carbocycles. The van der Waals surface area contributed by atoms with Crippen molar-refractivity contribution in [1.82, 2.24) is 9.78 Å². The molecule has 8 heteroatoms. The van der Waals surface area contributed by atoms with E-state index < -0.39 is 6.04 Å². The van der Waals surface area contributed by atoms with Crippen LogP contribution in [-0.2, 0) is 9.59 Å². The third kappa shape index (κ3) is 3.44. The number of hydrogen-bond donors (Lipinski definition) is 2. The van der Waals surface area contributed by atoms with E-state index in [-0.39, 0.29) is 24.1 Å². The molecule has 2 amide bonds. The van der Waals surface area contributed by atoms with Gasteiger partial charge in [-0.25, -0.2) is 9.07 Å². The number of aromatic nitrogens is 2. The average molecular weight is 380 g/mol. The molecule has 0 saturated heterocycles. The number of amides is 2. The van der Waals surface area contributed by atoms with Gasteiger partial charge in [0.2, 0.25) is 11.8 Å². The maximum absolute atomic E-state index is 13.2. The van der Waals surface area contributed by atoms with Crippen LogP contribution < -0.4 is 15.4 Å². The summed E-state index contributed by atoms with van der Waals surface area (Å²) in [4.78, 5) is 24.9. The van der Waals surface area contributed by atoms with Gasteiger partial charge in [0.15, 0.2) is 0 Å². The van der Waals surface area contributed by atoms with Gasteiger partial charge in [0.25, 0.3) is 0 Å². The van der Waals surface area contributed by atoms with Crippen LogP contribution in [0.5, 0.6) is 5.75 Å². The van der Waals surface area contributed by atoms with Gasteiger partial charge in [-0.2, -0.15) is 5.10 Å². The molecule has 1 atom stereocenters. The van der Waals surface area contributed by atoms with E-state index in [1.54, 1.807) is 49.6 Å². The topological polar surface area (TPSA) is 85.2 Å². The number of carbonyl (C=O) groups excluding carboxylic acids is 2. The van der Waals surface area contributed by atoms with Gasteiger partial charge in [0, 0.05) is 23.4 Å². The lowest BCUT2D eigenvalue weighted by Gasteiger charge is -2.23. The van der Waals surface area contributed by atoms with Crippen LogP contribution in [0.25, 0.3) is 11.3 Å². The fraction of sp³-hybridized carbons (Fsp3) is 0.150. The summed E-state index contributed by atoms with van der Waals surface area (Å²) < 4.78 is 19.8. The van der Waals surface area contributed by atoms with Gasteiger partial charge >= 0.3 is 0 Å². The Morgan fingerprint density at radius 3 is 2.79 bits per heavy atom. The molecule has 0 radical (unpaired) electrons. The molecule has 2 heterocycles. The predicted octanol–water partition coefficient (Wildman–Crippen LogP) is 3.22. The van der Waals surface area contributed by atoms with E-state index in [0.29, 0.717) is 28.5 Å². The van der Waals surface area contributed by atoms with E-state index in [2.05, 4.69) is 15.7 Å². The van der Waals surface area contributed by atoms with Crippen molar-refractivity contribution >= 4 is 23.3 Å². The van der Waals surface area contributed by atoms with Crippen molar-refractivity contribution in [2.75, 3.05) is 17.7 Å². The van der Waals surface area contributed by atoms with Crippen molar-refractivity contribution in [1.29, 1.82) is 0 Å². The molecule has 0 bridgehead atoms. The summed E-state index contributed by atoms with van der Waals surface area (Å²) in [6, 6.07) is 13.7. The third-order valence-corrected chi connectivity index (χ3v) is 4.46. The van der Waals surface area contributed by atoms with Gasteiger partial charge in [-0.15, -0.1) is 0 Å². The SMILES string of the molecule is COc1cccc(NC(=O)[C@@H]2CC(=O)Nc3cc(-c4ccc(F)cc4)nn32)c1. The van der Waals surface area contributed by atoms with Crippen LogP contribution in [0.15, 0.2) is 54.6 Å². The summed E-state index contributed by atoms with van der Waals surface area (Å²) in [5.74, 6) is 0.0393. The minimum atomic E-state index is -0.802. The lowest BCUT2D eigenvalue weighted by Crippen LogP contribution is -2.35. The Kier molecular flexibility index (Phi) is 4.52. The Morgan fingerprint density at radius 2 is 2.04 bits per heavy atom. The van der Waals surface area contributed by atoms with E-state index in [1.807, 2.05) is 0 Å². The highest BCUT2D eigenvalue weighted by Gasteiger charge is 2.32. The number of nitrogens with zero attached hydrogens (tertiary/aromatic N) is 2. The molecule has 0 saturated carbocycles. The molecule has 142 valence electrons. The second-order valence-electron chi connectivity index (χ2n) is 6.36. The molecular weight excluding hydrogens is 363 g/mol. The molecule has 2 N–H and O–H groups in total. The maximum atomic E-state index is 13.2. The Balaban J connectivity index is 1.63. The summed E-state index contributed by atoms with van der Waals surface area (Å²) in [5, 5.41) is 9.97. The molecule has 2 aromatic carbocycles. The molecule has 3 aromatic rings. The average Bonchev–Trinajstić information content (AvgIpc) is 3.11. The number of nitrogens with one attached hydrogen (secondary N) is 2. The quantitative estimate of drug-likeness (QED) is 0.728. The molecule has 1 aliphatic heterocycles. The summed E-state index contributed by atoms with van der Waals surface area (Å²) in [7, 11) is 1.54. The number of ether oxygens (including phenoxy) is 1. The minimum Gasteiger partial charge on any atom is -0.497 e. The van der Waals surface area contributed by atoms with Crippen LogP contribution in [-0.4, -0.2) is 28.7 Å². The smallest absolute Gasteiger partial charge is 0.249 e. The number of fused-ring (bicyclic) bond motifs is 1. The number of benzene rings is 2. The lowest BCUT2D eigenvalue weighted by atomic mass is 10.1. The van der Waals surface area contributed by atoms with Crippen LogP contribution >= 0.6 is 0 Å². The predicted molar refractivity (Wildman–Crippen MR) is 102 cm³/mol. The van der Waals surface area contributed by atoms with Crippen LogP contribution in [0, 0.1) is 5.82 Å². The number of carbonyl (C=O) groups is 2. The van der Waals surface area contributed by atoms with Gasteiger partial charge in [0.05, 0.1) is 19.2 Å². The largest absolute Gasteiger partial charge is 0.497 e. The maximum Gasteiger partial charge on any atom is 0.249 e. The van der Waals surface area contributed by atoms with E-state index in [1.165, 1.54) is 16.8 Å². The van der Waals surface area contributed by atoms with Crippen LogP contribution in [0.3, 0.4) is 0 Å². The second kappa shape index (κ2) is 7.15. The molecule has 0 unspecified atom stereocenters. The van der Waals surface area contributed by atoms with Crippen molar-refractivity contribution in [2.24, 2.45) is 0 Å². The third-order valence-electron chi connectivity index (χ3n) is 4.46. The summed E-state index contributed by atoms with van der Waals surface area (Å²) in [6.07, 6.45) is -0.0344. The first kappa shape index (κ1) is 17.7. The Labute approximate surface area is 160 Å². The molecule has 0 spiro atoms. The Hall–Kier alpha value is -3.68. The molecule has 0 fully saturated rings. The first-order valence-corrected chi connectivity index (χ1v) is 8.64. The number of anilines is 2. The zero-order chi connectivity index (χ0) is 19.7. The monoisotopic (exact) mass is 380 g/mol. The summed E-state index contributed by atoms with van der Waals surface area (Å²) >= 11 is 0. The molecule has 4 rings (SSSR count). The van der Waals surface area contributed by atoms with E-state index in [4.69, 9.17) is 4.74 Å². The normalized spacial score (nSPS) is 15.5. The number of methoxy groups -OCH3 is 1. The highest BCUT2D eigenvalue weighted by Crippen LogP contribution is 2.30. The molecule has 1 aliphatic rings. The van der Waals surface area contributed by atoms with Gasteiger partial charge in [0.1, 0.15) is 23.4 Å². The van der Waals surface area contributed by atoms with Crippen LogP contribution in [0.4, 0.5) is 15.9 Å². The fourth-order valence-corrected chi connectivity index (χ4v) is 3.07. The van der Waals surface area contributed by atoms with Crippen molar-refractivity contribution in [3.05, 3.63) is 60.4 Å². The number of hydrogen-bond acceptors (Lipinski definition) is 4. The van der Waals surface area contributed by atoms with Crippen molar-refractivity contribution in [3.63, 3.8) is 0 Å². The molecule has 7 nitrogen and oxygen atoms in total. The Morgan fingerprint density at radius 1 is 1.25 bits per heavy atom. The number of rotatable bonds is 4. The van der Waals surface area contributed by atoms with Crippen molar-refractivity contribution < 1.29 is 18.7 Å². The highest BCUT2D eigenvalue weighted by atomic mass is 19.1. The molecular formula is C20H17FN4O3. The van der Waals surface area contributed by atoms with Gasteiger partial charge < -0.3 is 15.4 Å². The van der Waals surface area contributed by atoms with Gasteiger partial charge in [-0.1, -0.05) is 6.07 Å². The zero-order valence-electron chi connectivity index (χ0n) is 15.0. The van der Waals surface area contributed by atoms with Gasteiger partial charge in [-0.05, 0) is 36.4 Å². The molecule has 28 heavy (non-hydrogen) atoms. The van der Waals surface area contributed by atoms with Crippen LogP contribution in [0.1, 0.15) is 12.5 Å². The Bertz CT molecular complexity index is 1050. The summed E-state index contributed by atoms with van der Waals surface area (Å²) in [5.41, 5.74) is 1.78. The van der Waals surface area contributed by atoms with E-state index in [0.717, 1.165) is 0 Å². The van der Waals surface area contributed by atoms with Gasteiger partial charge in [-0.3, -0.25) is 9.59 Å². The standard InChI is InChI=1S/C20H17FN4O3/c1-28-15-4-2-3-14(9-15)22-20(27)17-11-19(26)23-18-10-16(24-25(17)18)12-5-7-13(21)8-6-12/h2-10,17H,11H2,1H3,(H,22,27)(H,23,26)/t17-/m0/s1. The second-order valence-corrected chi connectivity index (χ2v) is 6.36. The van der Waals surface area contributed by atoms with Crippen molar-refractivity contribution in [2.45, 2.75) is 12.5 Å². The first-order chi connectivity index (χ1) is 13.5. The summed E-state index contributed by atoms with van der Waals surface area (Å²) in [6.45, 7) is 0. The fourth-order valence-electron chi connectivity index (χ4n) is 3.07. The number of halogens is 1. The van der Waals surface area contributed by atoms with Crippen LogP contribution in [0.2, 0.25) is 0 Å². The van der Waals surface area contributed by atoms with E-state index >= 15 is 0 Å². The zero-order valence-corrected chi connectivity index (χ0v) is 15.0.